The third kappa shape index (κ3) is 5.55. The van der Waals surface area contributed by atoms with Crippen LogP contribution in [0.1, 0.15) is 15.9 Å². The van der Waals surface area contributed by atoms with Gasteiger partial charge in [0.1, 0.15) is 0 Å². The molecule has 0 heterocycles. The van der Waals surface area contributed by atoms with Crippen LogP contribution < -0.4 is 10.5 Å². The lowest BCUT2D eigenvalue weighted by Crippen LogP contribution is -2.27. The molecule has 0 unspecified atom stereocenters. The Morgan fingerprint density at radius 1 is 1.24 bits per heavy atom. The van der Waals surface area contributed by atoms with Crippen LogP contribution in [0.4, 0.5) is 0 Å². The van der Waals surface area contributed by atoms with Gasteiger partial charge in [-0.05, 0) is 33.6 Å². The van der Waals surface area contributed by atoms with E-state index in [1.165, 1.54) is 17.8 Å². The minimum absolute atomic E-state index is 0.0718. The average Bonchev–Trinajstić information content (AvgIpc) is 2.57. The molecule has 0 bridgehead atoms. The molecule has 2 aromatic rings. The van der Waals surface area contributed by atoms with Gasteiger partial charge in [-0.25, -0.2) is 13.6 Å². The van der Waals surface area contributed by atoms with E-state index in [0.29, 0.717) is 15.1 Å². The van der Waals surface area contributed by atoms with Crippen molar-refractivity contribution in [3.05, 3.63) is 58.1 Å². The molecule has 0 atom stereocenters. The van der Waals surface area contributed by atoms with Crippen molar-refractivity contribution in [3.63, 3.8) is 0 Å². The number of halogens is 1. The van der Waals surface area contributed by atoms with E-state index < -0.39 is 15.9 Å². The number of benzene rings is 2. The number of nitrogens with two attached hydrogens (primary N) is 1. The number of hydrogen-bond acceptors (Lipinski definition) is 5. The van der Waals surface area contributed by atoms with Crippen LogP contribution >= 0.6 is 27.7 Å². The van der Waals surface area contributed by atoms with Gasteiger partial charge in [0.25, 0.3) is 5.91 Å². The van der Waals surface area contributed by atoms with Crippen molar-refractivity contribution in [2.24, 2.45) is 5.14 Å². The van der Waals surface area contributed by atoms with Gasteiger partial charge in [0.15, 0.2) is 0 Å². The lowest BCUT2D eigenvalue weighted by atomic mass is 10.2. The van der Waals surface area contributed by atoms with Crippen molar-refractivity contribution in [2.75, 3.05) is 13.2 Å². The standard InChI is InChI=1S/C16H17BrN2O4S2/c17-13-9-14(24-10-11-4-2-1-3-5-11)12(16(21)19-6-7-20)8-15(13)25(18,22)23/h1-5,8-9,20H,6-7,10H2,(H,19,21)(H2,18,22,23). The first kappa shape index (κ1) is 19.9. The molecule has 6 nitrogen and oxygen atoms in total. The Balaban J connectivity index is 2.38. The molecule has 2 rings (SSSR count). The Kier molecular flexibility index (Phi) is 7.03. The summed E-state index contributed by atoms with van der Waals surface area (Å²) >= 11 is 4.61. The summed E-state index contributed by atoms with van der Waals surface area (Å²) in [6, 6.07) is 12.5. The maximum Gasteiger partial charge on any atom is 0.252 e. The van der Waals surface area contributed by atoms with Gasteiger partial charge in [0.2, 0.25) is 10.0 Å². The lowest BCUT2D eigenvalue weighted by molar-refractivity contribution is 0.0941. The molecule has 0 spiro atoms. The van der Waals surface area contributed by atoms with E-state index in [1.54, 1.807) is 6.07 Å². The van der Waals surface area contributed by atoms with Gasteiger partial charge in [0.05, 0.1) is 17.1 Å². The molecule has 0 fully saturated rings. The highest BCUT2D eigenvalue weighted by atomic mass is 79.9. The molecule has 0 aliphatic heterocycles. The topological polar surface area (TPSA) is 109 Å². The smallest absolute Gasteiger partial charge is 0.252 e. The monoisotopic (exact) mass is 444 g/mol. The molecule has 0 aliphatic carbocycles. The van der Waals surface area contributed by atoms with Gasteiger partial charge in [-0.2, -0.15) is 0 Å². The maximum atomic E-state index is 12.3. The van der Waals surface area contributed by atoms with Gasteiger partial charge in [-0.3, -0.25) is 4.79 Å². The van der Waals surface area contributed by atoms with Crippen molar-refractivity contribution in [3.8, 4) is 0 Å². The molecule has 0 saturated carbocycles. The van der Waals surface area contributed by atoms with Crippen molar-refractivity contribution in [1.82, 2.24) is 5.32 Å². The van der Waals surface area contributed by atoms with Crippen LogP contribution in [-0.2, 0) is 15.8 Å². The Hall–Kier alpha value is -1.39. The quantitative estimate of drug-likeness (QED) is 0.566. The van der Waals surface area contributed by atoms with Gasteiger partial charge in [0, 0.05) is 21.7 Å². The molecule has 0 aromatic heterocycles. The summed E-state index contributed by atoms with van der Waals surface area (Å²) in [5.41, 5.74) is 1.27. The average molecular weight is 445 g/mol. The first-order valence-electron chi connectivity index (χ1n) is 7.25. The van der Waals surface area contributed by atoms with Gasteiger partial charge >= 0.3 is 0 Å². The molecule has 134 valence electrons. The Labute approximate surface area is 159 Å². The third-order valence-electron chi connectivity index (χ3n) is 3.22. The second kappa shape index (κ2) is 8.81. The van der Waals surface area contributed by atoms with E-state index in [1.807, 2.05) is 30.3 Å². The molecule has 0 radical (unpaired) electrons. The Morgan fingerprint density at radius 3 is 2.52 bits per heavy atom. The number of hydrogen-bond donors (Lipinski definition) is 3. The number of amides is 1. The minimum atomic E-state index is -3.98. The fourth-order valence-electron chi connectivity index (χ4n) is 2.05. The molecule has 2 aromatic carbocycles. The van der Waals surface area contributed by atoms with Crippen LogP contribution in [0.15, 0.2) is 56.7 Å². The molecular formula is C16H17BrN2O4S2. The summed E-state index contributed by atoms with van der Waals surface area (Å²) in [5.74, 6) is 0.143. The van der Waals surface area contributed by atoms with Crippen molar-refractivity contribution in [2.45, 2.75) is 15.5 Å². The fourth-order valence-corrected chi connectivity index (χ4v) is 4.86. The number of primary sulfonamides is 1. The van der Waals surface area contributed by atoms with Crippen molar-refractivity contribution >= 4 is 43.6 Å². The molecule has 4 N–H and O–H groups in total. The number of aliphatic hydroxyl groups is 1. The van der Waals surface area contributed by atoms with E-state index in [0.717, 1.165) is 5.56 Å². The fraction of sp³-hybridized carbons (Fsp3) is 0.188. The number of carbonyl (C=O) groups excluding carboxylic acids is 1. The molecule has 0 saturated heterocycles. The van der Waals surface area contributed by atoms with E-state index in [2.05, 4.69) is 21.2 Å². The van der Waals surface area contributed by atoms with E-state index in [4.69, 9.17) is 10.2 Å². The summed E-state index contributed by atoms with van der Waals surface area (Å²) in [4.78, 5) is 12.8. The van der Waals surface area contributed by atoms with Crippen LogP contribution in [-0.4, -0.2) is 32.6 Å². The number of rotatable bonds is 7. The second-order valence-corrected chi connectivity index (χ2v) is 8.48. The molecule has 0 aliphatic rings. The summed E-state index contributed by atoms with van der Waals surface area (Å²) < 4.78 is 23.7. The summed E-state index contributed by atoms with van der Waals surface area (Å²) in [5, 5.41) is 16.6. The van der Waals surface area contributed by atoms with Crippen molar-refractivity contribution in [1.29, 1.82) is 0 Å². The zero-order chi connectivity index (χ0) is 18.4. The summed E-state index contributed by atoms with van der Waals surface area (Å²) in [6.45, 7) is -0.140. The third-order valence-corrected chi connectivity index (χ3v) is 6.22. The zero-order valence-electron chi connectivity index (χ0n) is 13.1. The van der Waals surface area contributed by atoms with Crippen LogP contribution in [0.2, 0.25) is 0 Å². The van der Waals surface area contributed by atoms with Crippen LogP contribution in [0.5, 0.6) is 0 Å². The van der Waals surface area contributed by atoms with Gasteiger partial charge in [-0.15, -0.1) is 11.8 Å². The Morgan fingerprint density at radius 2 is 1.92 bits per heavy atom. The predicted octanol–water partition coefficient (Wildman–Crippen LogP) is 2.11. The van der Waals surface area contributed by atoms with E-state index >= 15 is 0 Å². The largest absolute Gasteiger partial charge is 0.395 e. The SMILES string of the molecule is NS(=O)(=O)c1cc(C(=O)NCCO)c(SCc2ccccc2)cc1Br. The number of carbonyl (C=O) groups is 1. The minimum Gasteiger partial charge on any atom is -0.395 e. The van der Waals surface area contributed by atoms with E-state index in [9.17, 15) is 13.2 Å². The molecule has 25 heavy (non-hydrogen) atoms. The van der Waals surface area contributed by atoms with E-state index in [-0.39, 0.29) is 23.6 Å². The van der Waals surface area contributed by atoms with Gasteiger partial charge in [-0.1, -0.05) is 30.3 Å². The lowest BCUT2D eigenvalue weighted by Gasteiger charge is -2.13. The number of sulfonamides is 1. The molecular weight excluding hydrogens is 428 g/mol. The highest BCUT2D eigenvalue weighted by molar-refractivity contribution is 9.10. The highest BCUT2D eigenvalue weighted by Crippen LogP contribution is 2.33. The van der Waals surface area contributed by atoms with Crippen LogP contribution in [0.25, 0.3) is 0 Å². The number of aliphatic hydroxyl groups excluding tert-OH is 1. The first-order chi connectivity index (χ1) is 11.8. The van der Waals surface area contributed by atoms with Crippen LogP contribution in [0.3, 0.4) is 0 Å². The molecule has 9 heteroatoms. The highest BCUT2D eigenvalue weighted by Gasteiger charge is 2.20. The predicted molar refractivity (Wildman–Crippen MR) is 101 cm³/mol. The Bertz CT molecular complexity index is 858. The zero-order valence-corrected chi connectivity index (χ0v) is 16.3. The normalized spacial score (nSPS) is 11.3. The van der Waals surface area contributed by atoms with Crippen molar-refractivity contribution < 1.29 is 18.3 Å². The first-order valence-corrected chi connectivity index (χ1v) is 10.6. The number of thioether (sulfide) groups is 1. The maximum absolute atomic E-state index is 12.3. The molecule has 1 amide bonds. The summed E-state index contributed by atoms with van der Waals surface area (Å²) in [7, 11) is -3.98. The number of nitrogens with one attached hydrogen (secondary N) is 1. The van der Waals surface area contributed by atoms with Crippen LogP contribution in [0, 0.1) is 0 Å². The summed E-state index contributed by atoms with van der Waals surface area (Å²) in [6.07, 6.45) is 0. The second-order valence-electron chi connectivity index (χ2n) is 5.08. The van der Waals surface area contributed by atoms with Gasteiger partial charge < -0.3 is 10.4 Å².